The van der Waals surface area contributed by atoms with Gasteiger partial charge in [0.25, 0.3) is 0 Å². The van der Waals surface area contributed by atoms with Gasteiger partial charge in [0.2, 0.25) is 11.8 Å². The summed E-state index contributed by atoms with van der Waals surface area (Å²) in [7, 11) is 0. The van der Waals surface area contributed by atoms with Crippen molar-refractivity contribution < 1.29 is 18.4 Å². The third-order valence-electron chi connectivity index (χ3n) is 4.01. The number of rotatable bonds is 3. The van der Waals surface area contributed by atoms with Crippen LogP contribution in [0.3, 0.4) is 0 Å². The first-order chi connectivity index (χ1) is 12.0. The van der Waals surface area contributed by atoms with Crippen LogP contribution in [0.5, 0.6) is 0 Å². The second-order valence-electron chi connectivity index (χ2n) is 5.62. The average molecular weight is 341 g/mol. The van der Waals surface area contributed by atoms with Gasteiger partial charge in [0.15, 0.2) is 0 Å². The number of nitrogens with one attached hydrogen (secondary N) is 1. The highest BCUT2D eigenvalue weighted by Gasteiger charge is 2.37. The number of carbonyl (C=O) groups excluding carboxylic acids is 2. The molecule has 0 aromatic heterocycles. The Hall–Kier alpha value is -3.27. The number of para-hydroxylation sites is 2. The molecule has 1 saturated heterocycles. The van der Waals surface area contributed by atoms with Gasteiger partial charge in [-0.05, 0) is 24.3 Å². The molecule has 1 fully saturated rings. The van der Waals surface area contributed by atoms with Crippen LogP contribution < -0.4 is 10.2 Å². The highest BCUT2D eigenvalue weighted by Crippen LogP contribution is 2.30. The van der Waals surface area contributed by atoms with E-state index < -0.39 is 35.1 Å². The van der Waals surface area contributed by atoms with Crippen molar-refractivity contribution in [2.45, 2.75) is 6.42 Å². The van der Waals surface area contributed by atoms with Crippen LogP contribution >= 0.6 is 0 Å². The summed E-state index contributed by atoms with van der Waals surface area (Å²) in [5.74, 6) is -3.49. The van der Waals surface area contributed by atoms with Crippen LogP contribution in [0.15, 0.2) is 42.5 Å². The maximum atomic E-state index is 13.9. The summed E-state index contributed by atoms with van der Waals surface area (Å²) in [6.07, 6.45) is -0.158. The maximum Gasteiger partial charge on any atom is 0.229 e. The number of nitriles is 1. The molecule has 0 radical (unpaired) electrons. The second kappa shape index (κ2) is 6.69. The van der Waals surface area contributed by atoms with Crippen LogP contribution in [0.25, 0.3) is 0 Å². The fourth-order valence-electron chi connectivity index (χ4n) is 2.77. The summed E-state index contributed by atoms with van der Waals surface area (Å²) in [5, 5.41) is 11.6. The van der Waals surface area contributed by atoms with Crippen LogP contribution in [-0.2, 0) is 9.59 Å². The molecule has 126 valence electrons. The number of hydrogen-bond donors (Lipinski definition) is 1. The highest BCUT2D eigenvalue weighted by molar-refractivity contribution is 6.04. The number of benzene rings is 2. The molecule has 2 aromatic rings. The summed E-state index contributed by atoms with van der Waals surface area (Å²) in [4.78, 5) is 25.5. The molecule has 1 N–H and O–H groups in total. The quantitative estimate of drug-likeness (QED) is 0.933. The topological polar surface area (TPSA) is 73.2 Å². The van der Waals surface area contributed by atoms with Crippen LogP contribution in [0.1, 0.15) is 12.0 Å². The molecule has 0 aliphatic carbocycles. The zero-order chi connectivity index (χ0) is 18.0. The van der Waals surface area contributed by atoms with Crippen molar-refractivity contribution in [3.63, 3.8) is 0 Å². The summed E-state index contributed by atoms with van der Waals surface area (Å²) in [6, 6.07) is 11.7. The number of halogens is 2. The number of anilines is 2. The van der Waals surface area contributed by atoms with Gasteiger partial charge in [-0.2, -0.15) is 5.26 Å². The summed E-state index contributed by atoms with van der Waals surface area (Å²) < 4.78 is 27.8. The van der Waals surface area contributed by atoms with Crippen molar-refractivity contribution >= 4 is 23.2 Å². The number of hydrogen-bond acceptors (Lipinski definition) is 3. The van der Waals surface area contributed by atoms with Gasteiger partial charge in [0.1, 0.15) is 23.4 Å². The number of carbonyl (C=O) groups is 2. The lowest BCUT2D eigenvalue weighted by atomic mass is 10.1. The molecule has 0 spiro atoms. The summed E-state index contributed by atoms with van der Waals surface area (Å²) in [5.41, 5.74) is 0.176. The van der Waals surface area contributed by atoms with E-state index in [1.54, 1.807) is 24.3 Å². The molecule has 1 aliphatic heterocycles. The van der Waals surface area contributed by atoms with Gasteiger partial charge in [-0.25, -0.2) is 8.78 Å². The van der Waals surface area contributed by atoms with Crippen LogP contribution in [0.4, 0.5) is 20.2 Å². The molecule has 1 atom stereocenters. The van der Waals surface area contributed by atoms with E-state index >= 15 is 0 Å². The normalized spacial score (nSPS) is 16.6. The largest absolute Gasteiger partial charge is 0.325 e. The molecular formula is C18H13F2N3O2. The van der Waals surface area contributed by atoms with Crippen molar-refractivity contribution in [3.05, 3.63) is 59.7 Å². The molecule has 2 aromatic carbocycles. The zero-order valence-electron chi connectivity index (χ0n) is 13.0. The molecule has 5 nitrogen and oxygen atoms in total. The third kappa shape index (κ3) is 3.19. The van der Waals surface area contributed by atoms with Gasteiger partial charge in [-0.3, -0.25) is 9.59 Å². The summed E-state index contributed by atoms with van der Waals surface area (Å²) >= 11 is 0. The molecule has 1 aliphatic rings. The maximum absolute atomic E-state index is 13.9. The molecule has 0 bridgehead atoms. The second-order valence-corrected chi connectivity index (χ2v) is 5.62. The first-order valence-electron chi connectivity index (χ1n) is 7.55. The zero-order valence-corrected chi connectivity index (χ0v) is 13.0. The lowest BCUT2D eigenvalue weighted by Gasteiger charge is -2.18. The summed E-state index contributed by atoms with van der Waals surface area (Å²) in [6.45, 7) is -0.128. The minimum Gasteiger partial charge on any atom is -0.325 e. The first-order valence-corrected chi connectivity index (χ1v) is 7.55. The van der Waals surface area contributed by atoms with Crippen molar-refractivity contribution in [2.75, 3.05) is 16.8 Å². The van der Waals surface area contributed by atoms with E-state index in [1.807, 2.05) is 6.07 Å². The van der Waals surface area contributed by atoms with Gasteiger partial charge in [0, 0.05) is 13.0 Å². The van der Waals surface area contributed by atoms with Crippen LogP contribution in [-0.4, -0.2) is 18.4 Å². The number of nitrogens with zero attached hydrogens (tertiary/aromatic N) is 2. The van der Waals surface area contributed by atoms with E-state index in [0.29, 0.717) is 5.69 Å². The molecule has 0 saturated carbocycles. The van der Waals surface area contributed by atoms with Gasteiger partial charge < -0.3 is 10.2 Å². The van der Waals surface area contributed by atoms with E-state index in [4.69, 9.17) is 5.26 Å². The molecule has 1 unspecified atom stereocenters. The monoisotopic (exact) mass is 341 g/mol. The van der Waals surface area contributed by atoms with E-state index in [0.717, 1.165) is 17.0 Å². The van der Waals surface area contributed by atoms with E-state index in [9.17, 15) is 18.4 Å². The Morgan fingerprint density at radius 1 is 1.16 bits per heavy atom. The molecule has 25 heavy (non-hydrogen) atoms. The average Bonchev–Trinajstić information content (AvgIpc) is 2.97. The molecule has 3 rings (SSSR count). The van der Waals surface area contributed by atoms with Crippen molar-refractivity contribution in [1.29, 1.82) is 5.26 Å². The highest BCUT2D eigenvalue weighted by atomic mass is 19.1. The Kier molecular flexibility index (Phi) is 4.44. The fraction of sp³-hybridized carbons (Fsp3) is 0.167. The Balaban J connectivity index is 1.79. The van der Waals surface area contributed by atoms with Crippen LogP contribution in [0, 0.1) is 28.9 Å². The van der Waals surface area contributed by atoms with E-state index in [1.165, 1.54) is 6.07 Å². The standard InChI is InChI=1S/C18H13F2N3O2/c19-13-5-3-6-14(20)17(13)23-10-12(8-16(23)24)18(25)22-15-7-2-1-4-11(15)9-21/h1-7,12H,8,10H2,(H,22,25). The molecule has 2 amide bonds. The smallest absolute Gasteiger partial charge is 0.229 e. The van der Waals surface area contributed by atoms with Crippen molar-refractivity contribution in [1.82, 2.24) is 0 Å². The molecule has 7 heteroatoms. The minimum absolute atomic E-state index is 0.128. The minimum atomic E-state index is -0.857. The Morgan fingerprint density at radius 2 is 1.84 bits per heavy atom. The molecule has 1 heterocycles. The Morgan fingerprint density at radius 3 is 2.52 bits per heavy atom. The van der Waals surface area contributed by atoms with Crippen molar-refractivity contribution in [2.24, 2.45) is 5.92 Å². The van der Waals surface area contributed by atoms with E-state index in [-0.39, 0.29) is 18.5 Å². The predicted octanol–water partition coefficient (Wildman–Crippen LogP) is 2.83. The van der Waals surface area contributed by atoms with Gasteiger partial charge in [0.05, 0.1) is 17.2 Å². The van der Waals surface area contributed by atoms with E-state index in [2.05, 4.69) is 5.32 Å². The van der Waals surface area contributed by atoms with Crippen molar-refractivity contribution in [3.8, 4) is 6.07 Å². The van der Waals surface area contributed by atoms with Gasteiger partial charge in [-0.15, -0.1) is 0 Å². The Labute approximate surface area is 142 Å². The lowest BCUT2D eigenvalue weighted by Crippen LogP contribution is -2.29. The SMILES string of the molecule is N#Cc1ccccc1NC(=O)C1CC(=O)N(c2c(F)cccc2F)C1. The fourth-order valence-corrected chi connectivity index (χ4v) is 2.77. The lowest BCUT2D eigenvalue weighted by molar-refractivity contribution is -0.122. The Bertz CT molecular complexity index is 872. The number of amides is 2. The predicted molar refractivity (Wildman–Crippen MR) is 86.6 cm³/mol. The van der Waals surface area contributed by atoms with Gasteiger partial charge >= 0.3 is 0 Å². The molecular weight excluding hydrogens is 328 g/mol. The van der Waals surface area contributed by atoms with Gasteiger partial charge in [-0.1, -0.05) is 18.2 Å². The van der Waals surface area contributed by atoms with Crippen LogP contribution in [0.2, 0.25) is 0 Å². The third-order valence-corrected chi connectivity index (χ3v) is 4.01. The first kappa shape index (κ1) is 16.6.